The maximum Gasteiger partial charge on any atom is 0.339 e. The lowest BCUT2D eigenvalue weighted by molar-refractivity contribution is 0.0347. The lowest BCUT2D eigenvalue weighted by Crippen LogP contribution is -2.21. The number of carboxylic acids is 1. The Kier molecular flexibility index (Phi) is 5.68. The molecule has 0 bridgehead atoms. The number of aromatic carboxylic acids is 1. The van der Waals surface area contributed by atoms with Crippen LogP contribution in [0, 0.1) is 0 Å². The number of rotatable bonds is 6. The van der Waals surface area contributed by atoms with E-state index < -0.39 is 5.97 Å². The van der Waals surface area contributed by atoms with Gasteiger partial charge < -0.3 is 15.2 Å². The predicted molar refractivity (Wildman–Crippen MR) is 79.7 cm³/mol. The van der Waals surface area contributed by atoms with Crippen molar-refractivity contribution in [1.82, 2.24) is 0 Å². The van der Waals surface area contributed by atoms with E-state index in [-0.39, 0.29) is 10.6 Å². The molecule has 2 N–H and O–H groups in total. The highest BCUT2D eigenvalue weighted by molar-refractivity contribution is 6.34. The van der Waals surface area contributed by atoms with Crippen LogP contribution in [0.25, 0.3) is 0 Å². The minimum atomic E-state index is -1.02. The molecule has 0 unspecified atom stereocenters. The van der Waals surface area contributed by atoms with Gasteiger partial charge in [-0.15, -0.1) is 0 Å². The molecular weight excluding hydrogens is 278 g/mol. The summed E-state index contributed by atoms with van der Waals surface area (Å²) < 4.78 is 5.79. The van der Waals surface area contributed by atoms with Gasteiger partial charge in [0.25, 0.3) is 0 Å². The number of carbonyl (C=O) groups is 1. The number of carboxylic acid groups (broad SMARTS) is 1. The molecule has 2 rings (SSSR count). The van der Waals surface area contributed by atoms with Gasteiger partial charge in [0.05, 0.1) is 23.4 Å². The Morgan fingerprint density at radius 1 is 1.35 bits per heavy atom. The van der Waals surface area contributed by atoms with Crippen LogP contribution in [0.5, 0.6) is 0 Å². The average Bonchev–Trinajstić information content (AvgIpc) is 2.44. The summed E-state index contributed by atoms with van der Waals surface area (Å²) in [7, 11) is 0. The lowest BCUT2D eigenvalue weighted by atomic mass is 9.98. The Morgan fingerprint density at radius 3 is 2.80 bits per heavy atom. The van der Waals surface area contributed by atoms with Crippen molar-refractivity contribution < 1.29 is 14.6 Å². The molecule has 1 aromatic carbocycles. The largest absolute Gasteiger partial charge is 0.478 e. The van der Waals surface area contributed by atoms with Crippen LogP contribution >= 0.6 is 11.6 Å². The highest BCUT2D eigenvalue weighted by Crippen LogP contribution is 2.24. The van der Waals surface area contributed by atoms with Crippen LogP contribution in [0.1, 0.15) is 42.5 Å². The van der Waals surface area contributed by atoms with Crippen LogP contribution in [0.3, 0.4) is 0 Å². The summed E-state index contributed by atoms with van der Waals surface area (Å²) in [6.07, 6.45) is 6.44. The van der Waals surface area contributed by atoms with Crippen molar-refractivity contribution in [3.05, 3.63) is 28.8 Å². The number of nitrogens with one attached hydrogen (secondary N) is 1. The molecule has 1 saturated carbocycles. The number of hydrogen-bond donors (Lipinski definition) is 2. The third-order valence-electron chi connectivity index (χ3n) is 3.55. The van der Waals surface area contributed by atoms with E-state index in [1.807, 2.05) is 0 Å². The number of anilines is 1. The summed E-state index contributed by atoms with van der Waals surface area (Å²) in [5.74, 6) is -1.02. The van der Waals surface area contributed by atoms with Crippen LogP contribution < -0.4 is 5.32 Å². The molecular formula is C15H20ClNO3. The van der Waals surface area contributed by atoms with Crippen LogP contribution in [0.2, 0.25) is 5.02 Å². The maximum absolute atomic E-state index is 11.2. The van der Waals surface area contributed by atoms with Gasteiger partial charge >= 0.3 is 5.97 Å². The Bertz CT molecular complexity index is 458. The fourth-order valence-electron chi connectivity index (χ4n) is 2.53. The van der Waals surface area contributed by atoms with Gasteiger partial charge in [0.1, 0.15) is 5.56 Å². The maximum atomic E-state index is 11.2. The molecule has 0 amide bonds. The fraction of sp³-hybridized carbons (Fsp3) is 0.533. The van der Waals surface area contributed by atoms with Crippen LogP contribution in [0.4, 0.5) is 5.69 Å². The molecule has 1 aliphatic carbocycles. The average molecular weight is 298 g/mol. The minimum absolute atomic E-state index is 0.117. The van der Waals surface area contributed by atoms with Gasteiger partial charge in [0.15, 0.2) is 0 Å². The van der Waals surface area contributed by atoms with Crippen molar-refractivity contribution >= 4 is 23.3 Å². The van der Waals surface area contributed by atoms with Gasteiger partial charge in [-0.1, -0.05) is 36.9 Å². The molecule has 0 saturated heterocycles. The van der Waals surface area contributed by atoms with Crippen molar-refractivity contribution in [3.63, 3.8) is 0 Å². The second kappa shape index (κ2) is 7.50. The SMILES string of the molecule is O=C(O)c1c(Cl)cccc1NCCOC1CCCCC1. The molecule has 0 spiro atoms. The van der Waals surface area contributed by atoms with E-state index in [1.54, 1.807) is 18.2 Å². The van der Waals surface area contributed by atoms with Gasteiger partial charge in [0.2, 0.25) is 0 Å². The standard InChI is InChI=1S/C15H20ClNO3/c16-12-7-4-8-13(14(12)15(18)19)17-9-10-20-11-5-2-1-3-6-11/h4,7-8,11,17H,1-3,5-6,9-10H2,(H,18,19). The molecule has 1 aliphatic rings. The monoisotopic (exact) mass is 297 g/mol. The molecule has 1 aromatic rings. The van der Waals surface area contributed by atoms with Crippen molar-refractivity contribution in [1.29, 1.82) is 0 Å². The van der Waals surface area contributed by atoms with Crippen molar-refractivity contribution in [2.45, 2.75) is 38.2 Å². The molecule has 0 heterocycles. The van der Waals surface area contributed by atoms with Crippen molar-refractivity contribution in [3.8, 4) is 0 Å². The zero-order valence-electron chi connectivity index (χ0n) is 11.4. The van der Waals surface area contributed by atoms with E-state index in [0.717, 1.165) is 12.8 Å². The molecule has 5 heteroatoms. The van der Waals surface area contributed by atoms with Crippen molar-refractivity contribution in [2.24, 2.45) is 0 Å². The summed E-state index contributed by atoms with van der Waals surface area (Å²) in [6, 6.07) is 5.03. The van der Waals surface area contributed by atoms with E-state index in [4.69, 9.17) is 21.4 Å². The molecule has 0 radical (unpaired) electrons. The first kappa shape index (κ1) is 15.1. The van der Waals surface area contributed by atoms with Crippen LogP contribution in [0.15, 0.2) is 18.2 Å². The first-order valence-electron chi connectivity index (χ1n) is 7.06. The smallest absolute Gasteiger partial charge is 0.339 e. The summed E-state index contributed by atoms with van der Waals surface area (Å²) in [5, 5.41) is 12.5. The first-order chi connectivity index (χ1) is 9.68. The Labute approximate surface area is 124 Å². The highest BCUT2D eigenvalue weighted by atomic mass is 35.5. The van der Waals surface area contributed by atoms with E-state index in [0.29, 0.717) is 24.9 Å². The molecule has 4 nitrogen and oxygen atoms in total. The summed E-state index contributed by atoms with van der Waals surface area (Å²) in [5.41, 5.74) is 0.657. The van der Waals surface area contributed by atoms with Crippen LogP contribution in [-0.4, -0.2) is 30.3 Å². The minimum Gasteiger partial charge on any atom is -0.478 e. The third kappa shape index (κ3) is 4.12. The van der Waals surface area contributed by atoms with Crippen molar-refractivity contribution in [2.75, 3.05) is 18.5 Å². The molecule has 1 fully saturated rings. The highest BCUT2D eigenvalue weighted by Gasteiger charge is 2.15. The quantitative estimate of drug-likeness (QED) is 0.784. The van der Waals surface area contributed by atoms with E-state index >= 15 is 0 Å². The topological polar surface area (TPSA) is 58.6 Å². The van der Waals surface area contributed by atoms with E-state index in [2.05, 4.69) is 5.32 Å². The number of ether oxygens (including phenoxy) is 1. The molecule has 0 atom stereocenters. The Balaban J connectivity index is 1.82. The summed E-state index contributed by atoms with van der Waals surface area (Å²) in [6.45, 7) is 1.16. The zero-order chi connectivity index (χ0) is 14.4. The van der Waals surface area contributed by atoms with Gasteiger partial charge in [-0.2, -0.15) is 0 Å². The van der Waals surface area contributed by atoms with E-state index in [9.17, 15) is 4.79 Å². The number of halogens is 1. The summed E-state index contributed by atoms with van der Waals surface area (Å²) in [4.78, 5) is 11.2. The normalized spacial score (nSPS) is 16.1. The number of hydrogen-bond acceptors (Lipinski definition) is 3. The molecule has 110 valence electrons. The predicted octanol–water partition coefficient (Wildman–Crippen LogP) is 3.80. The molecule has 20 heavy (non-hydrogen) atoms. The third-order valence-corrected chi connectivity index (χ3v) is 3.87. The molecule has 0 aromatic heterocycles. The fourth-order valence-corrected chi connectivity index (χ4v) is 2.79. The second-order valence-electron chi connectivity index (χ2n) is 5.03. The van der Waals surface area contributed by atoms with Gasteiger partial charge in [-0.3, -0.25) is 0 Å². The van der Waals surface area contributed by atoms with Gasteiger partial charge in [-0.25, -0.2) is 4.79 Å². The lowest BCUT2D eigenvalue weighted by Gasteiger charge is -2.22. The molecule has 0 aliphatic heterocycles. The van der Waals surface area contributed by atoms with Crippen LogP contribution in [-0.2, 0) is 4.74 Å². The second-order valence-corrected chi connectivity index (χ2v) is 5.43. The zero-order valence-corrected chi connectivity index (χ0v) is 12.2. The Hall–Kier alpha value is -1.26. The summed E-state index contributed by atoms with van der Waals surface area (Å²) >= 11 is 5.91. The first-order valence-corrected chi connectivity index (χ1v) is 7.43. The number of benzene rings is 1. The van der Waals surface area contributed by atoms with E-state index in [1.165, 1.54) is 19.3 Å². The van der Waals surface area contributed by atoms with Gasteiger partial charge in [0, 0.05) is 6.54 Å². The van der Waals surface area contributed by atoms with Gasteiger partial charge in [-0.05, 0) is 25.0 Å². The Morgan fingerprint density at radius 2 is 2.10 bits per heavy atom.